The Kier molecular flexibility index (Phi) is 6.90. The van der Waals surface area contributed by atoms with E-state index < -0.39 is 24.4 Å². The third-order valence-corrected chi connectivity index (χ3v) is 4.26. The predicted octanol–water partition coefficient (Wildman–Crippen LogP) is -0.972. The standard InChI is InChI=1S/C12H16N4O4S.C2H6O/c1-21-12-8-11(13-4-14-12)16(5-15-8)2-6-9(18)10(19)7(3-17)20-6;1-2-3/h4-7,9-10,17-19H,2-3H2,1H3;3H,2H2,1H3. The van der Waals surface area contributed by atoms with Crippen LogP contribution in [0.25, 0.3) is 11.2 Å². The summed E-state index contributed by atoms with van der Waals surface area (Å²) >= 11 is 1.48. The highest BCUT2D eigenvalue weighted by molar-refractivity contribution is 7.98. The fourth-order valence-electron chi connectivity index (χ4n) is 2.46. The highest BCUT2D eigenvalue weighted by Gasteiger charge is 2.42. The molecular formula is C14H22N4O5S. The van der Waals surface area contributed by atoms with Gasteiger partial charge >= 0.3 is 0 Å². The number of aliphatic hydroxyl groups excluding tert-OH is 4. The Balaban J connectivity index is 0.000000647. The van der Waals surface area contributed by atoms with Crippen molar-refractivity contribution in [3.05, 3.63) is 12.7 Å². The highest BCUT2D eigenvalue weighted by Crippen LogP contribution is 2.25. The van der Waals surface area contributed by atoms with Gasteiger partial charge in [0.1, 0.15) is 41.3 Å². The molecule has 2 aromatic rings. The average molecular weight is 358 g/mol. The molecule has 0 bridgehead atoms. The van der Waals surface area contributed by atoms with E-state index in [4.69, 9.17) is 14.9 Å². The van der Waals surface area contributed by atoms with E-state index in [0.29, 0.717) is 11.2 Å². The van der Waals surface area contributed by atoms with Crippen molar-refractivity contribution >= 4 is 22.9 Å². The van der Waals surface area contributed by atoms with E-state index in [9.17, 15) is 10.2 Å². The molecular weight excluding hydrogens is 336 g/mol. The van der Waals surface area contributed by atoms with Crippen LogP contribution in [0.3, 0.4) is 0 Å². The van der Waals surface area contributed by atoms with Crippen LogP contribution < -0.4 is 0 Å². The molecule has 1 aliphatic rings. The fraction of sp³-hybridized carbons (Fsp3) is 0.643. The highest BCUT2D eigenvalue weighted by atomic mass is 32.2. The molecule has 0 spiro atoms. The van der Waals surface area contributed by atoms with E-state index in [1.807, 2.05) is 6.26 Å². The van der Waals surface area contributed by atoms with Crippen molar-refractivity contribution in [1.29, 1.82) is 0 Å². The van der Waals surface area contributed by atoms with Crippen LogP contribution in [0.4, 0.5) is 0 Å². The summed E-state index contributed by atoms with van der Waals surface area (Å²) in [6.07, 6.45) is 1.44. The van der Waals surface area contributed by atoms with Crippen LogP contribution in [0.2, 0.25) is 0 Å². The molecule has 0 aliphatic carbocycles. The molecule has 10 heteroatoms. The molecule has 1 aliphatic heterocycles. The normalized spacial score (nSPS) is 26.4. The second-order valence-corrected chi connectivity index (χ2v) is 5.94. The lowest BCUT2D eigenvalue weighted by atomic mass is 10.1. The van der Waals surface area contributed by atoms with Gasteiger partial charge in [-0.05, 0) is 13.2 Å². The molecule has 0 aromatic carbocycles. The lowest BCUT2D eigenvalue weighted by Crippen LogP contribution is -2.35. The zero-order valence-corrected chi connectivity index (χ0v) is 14.3. The molecule has 134 valence electrons. The van der Waals surface area contributed by atoms with Crippen molar-refractivity contribution in [3.63, 3.8) is 0 Å². The number of aromatic nitrogens is 4. The van der Waals surface area contributed by atoms with Crippen LogP contribution in [0.1, 0.15) is 6.92 Å². The molecule has 3 rings (SSSR count). The largest absolute Gasteiger partial charge is 0.397 e. The lowest BCUT2D eigenvalue weighted by molar-refractivity contribution is -0.0262. The number of imidazole rings is 1. The Morgan fingerprint density at radius 1 is 1.17 bits per heavy atom. The van der Waals surface area contributed by atoms with E-state index in [1.54, 1.807) is 17.8 Å². The molecule has 2 aromatic heterocycles. The number of hydrogen-bond acceptors (Lipinski definition) is 9. The van der Waals surface area contributed by atoms with E-state index in [2.05, 4.69) is 15.0 Å². The first-order valence-corrected chi connectivity index (χ1v) is 8.72. The summed E-state index contributed by atoms with van der Waals surface area (Å²) in [5.41, 5.74) is 1.34. The summed E-state index contributed by atoms with van der Waals surface area (Å²) in [5.74, 6) is 0. The number of fused-ring (bicyclic) bond motifs is 1. The van der Waals surface area contributed by atoms with Crippen LogP contribution in [0, 0.1) is 0 Å². The van der Waals surface area contributed by atoms with Crippen molar-refractivity contribution in [2.45, 2.75) is 42.9 Å². The quantitative estimate of drug-likeness (QED) is 0.402. The predicted molar refractivity (Wildman–Crippen MR) is 87.6 cm³/mol. The van der Waals surface area contributed by atoms with Gasteiger partial charge in [0.05, 0.1) is 19.5 Å². The average Bonchev–Trinajstić information content (AvgIpc) is 3.12. The first kappa shape index (κ1) is 19.0. The van der Waals surface area contributed by atoms with E-state index >= 15 is 0 Å². The molecule has 0 saturated carbocycles. The molecule has 1 fully saturated rings. The van der Waals surface area contributed by atoms with Gasteiger partial charge in [-0.3, -0.25) is 0 Å². The van der Waals surface area contributed by atoms with Crippen LogP contribution in [-0.4, -0.2) is 83.8 Å². The lowest BCUT2D eigenvalue weighted by Gasteiger charge is -2.15. The number of thioether (sulfide) groups is 1. The minimum absolute atomic E-state index is 0.250. The monoisotopic (exact) mass is 358 g/mol. The first-order chi connectivity index (χ1) is 11.6. The Morgan fingerprint density at radius 3 is 2.42 bits per heavy atom. The number of rotatable bonds is 4. The maximum atomic E-state index is 9.97. The van der Waals surface area contributed by atoms with Crippen LogP contribution in [0.5, 0.6) is 0 Å². The van der Waals surface area contributed by atoms with Crippen molar-refractivity contribution < 1.29 is 25.2 Å². The summed E-state index contributed by atoms with van der Waals surface area (Å²) in [5, 5.41) is 37.2. The van der Waals surface area contributed by atoms with Crippen molar-refractivity contribution in [1.82, 2.24) is 19.5 Å². The van der Waals surface area contributed by atoms with Gasteiger partial charge in [-0.1, -0.05) is 0 Å². The second-order valence-electron chi connectivity index (χ2n) is 5.15. The van der Waals surface area contributed by atoms with Gasteiger partial charge in [-0.15, -0.1) is 11.8 Å². The van der Waals surface area contributed by atoms with E-state index in [-0.39, 0.29) is 19.8 Å². The third kappa shape index (κ3) is 3.85. The molecule has 9 nitrogen and oxygen atoms in total. The van der Waals surface area contributed by atoms with Crippen molar-refractivity contribution in [2.24, 2.45) is 0 Å². The summed E-state index contributed by atoms with van der Waals surface area (Å²) in [6, 6.07) is 0. The maximum absolute atomic E-state index is 9.97. The third-order valence-electron chi connectivity index (χ3n) is 3.58. The minimum atomic E-state index is -1.09. The van der Waals surface area contributed by atoms with Gasteiger partial charge in [-0.25, -0.2) is 15.0 Å². The smallest absolute Gasteiger partial charge is 0.164 e. The summed E-state index contributed by atoms with van der Waals surface area (Å²) in [7, 11) is 0. The molecule has 1 saturated heterocycles. The maximum Gasteiger partial charge on any atom is 0.164 e. The molecule has 3 heterocycles. The number of aliphatic hydroxyl groups is 4. The fourth-order valence-corrected chi connectivity index (χ4v) is 2.95. The van der Waals surface area contributed by atoms with Gasteiger partial charge in [0.2, 0.25) is 0 Å². The molecule has 4 unspecified atom stereocenters. The van der Waals surface area contributed by atoms with Gasteiger partial charge in [0.25, 0.3) is 0 Å². The summed E-state index contributed by atoms with van der Waals surface area (Å²) in [6.45, 7) is 1.88. The van der Waals surface area contributed by atoms with Crippen molar-refractivity contribution in [2.75, 3.05) is 19.5 Å². The molecule has 0 radical (unpaired) electrons. The first-order valence-electron chi connectivity index (χ1n) is 7.50. The topological polar surface area (TPSA) is 134 Å². The molecule has 4 N–H and O–H groups in total. The SMILES string of the molecule is CCO.CSc1ncnc2c1ncn2CC1OC(CO)C(O)C1O. The molecule has 4 atom stereocenters. The Labute approximate surface area is 143 Å². The zero-order valence-electron chi connectivity index (χ0n) is 13.5. The Morgan fingerprint density at radius 2 is 1.83 bits per heavy atom. The van der Waals surface area contributed by atoms with Gasteiger partial charge in [0.15, 0.2) is 5.65 Å². The zero-order chi connectivity index (χ0) is 17.7. The molecule has 24 heavy (non-hydrogen) atoms. The van der Waals surface area contributed by atoms with Gasteiger partial charge < -0.3 is 29.7 Å². The van der Waals surface area contributed by atoms with Crippen LogP contribution >= 0.6 is 11.8 Å². The summed E-state index contributed by atoms with van der Waals surface area (Å²) in [4.78, 5) is 12.6. The van der Waals surface area contributed by atoms with Crippen LogP contribution in [-0.2, 0) is 11.3 Å². The van der Waals surface area contributed by atoms with Crippen LogP contribution in [0.15, 0.2) is 17.7 Å². The van der Waals surface area contributed by atoms with E-state index in [1.165, 1.54) is 18.1 Å². The van der Waals surface area contributed by atoms with E-state index in [0.717, 1.165) is 5.03 Å². The number of nitrogens with zero attached hydrogens (tertiary/aromatic N) is 4. The Hall–Kier alpha value is -1.30. The molecule has 0 amide bonds. The summed E-state index contributed by atoms with van der Waals surface area (Å²) < 4.78 is 7.21. The minimum Gasteiger partial charge on any atom is -0.397 e. The second kappa shape index (κ2) is 8.70. The Bertz CT molecular complexity index is 655. The van der Waals surface area contributed by atoms with Crippen molar-refractivity contribution in [3.8, 4) is 0 Å². The number of hydrogen-bond donors (Lipinski definition) is 4. The van der Waals surface area contributed by atoms with Gasteiger partial charge in [0, 0.05) is 6.61 Å². The number of ether oxygens (including phenoxy) is 1. The van der Waals surface area contributed by atoms with Gasteiger partial charge in [-0.2, -0.15) is 0 Å².